The Morgan fingerprint density at radius 3 is 2.61 bits per heavy atom. The van der Waals surface area contributed by atoms with E-state index in [1.54, 1.807) is 0 Å². The molecule has 4 nitrogen and oxygen atoms in total. The molecule has 0 saturated carbocycles. The van der Waals surface area contributed by atoms with Gasteiger partial charge < -0.3 is 14.8 Å². The van der Waals surface area contributed by atoms with Crippen LogP contribution in [-0.2, 0) is 17.8 Å². The first-order valence-corrected chi connectivity index (χ1v) is 8.50. The summed E-state index contributed by atoms with van der Waals surface area (Å²) in [5.74, 6) is 2.46. The van der Waals surface area contributed by atoms with Gasteiger partial charge in [-0.3, -0.25) is 4.99 Å². The molecule has 2 rings (SSSR count). The normalized spacial score (nSPS) is 14.8. The van der Waals surface area contributed by atoms with E-state index in [9.17, 15) is 0 Å². The summed E-state index contributed by atoms with van der Waals surface area (Å²) in [6.07, 6.45) is 0.985. The van der Waals surface area contributed by atoms with Gasteiger partial charge in [-0.05, 0) is 50.3 Å². The second kappa shape index (κ2) is 7.82. The highest BCUT2D eigenvalue weighted by atomic mass is 16.5. The van der Waals surface area contributed by atoms with Crippen molar-refractivity contribution in [1.29, 1.82) is 0 Å². The molecule has 0 saturated heterocycles. The predicted molar refractivity (Wildman–Crippen MR) is 95.3 cm³/mol. The van der Waals surface area contributed by atoms with Crippen molar-refractivity contribution in [3.63, 3.8) is 0 Å². The first kappa shape index (κ1) is 17.8. The zero-order valence-electron chi connectivity index (χ0n) is 15.1. The Balaban J connectivity index is 2.14. The second-order valence-electron chi connectivity index (χ2n) is 7.44. The number of hydrogen-bond acceptors (Lipinski definition) is 4. The minimum atomic E-state index is -0.144. The van der Waals surface area contributed by atoms with Crippen LogP contribution in [0.25, 0.3) is 0 Å². The van der Waals surface area contributed by atoms with E-state index in [-0.39, 0.29) is 5.60 Å². The lowest BCUT2D eigenvalue weighted by Gasteiger charge is -2.22. The SMILES string of the molecule is CC(C)Cc1c(COC(C)(C)C)cccc1OCC1=NCCN1. The third-order valence-electron chi connectivity index (χ3n) is 3.61. The number of benzene rings is 1. The number of rotatable bonds is 7. The average molecular weight is 318 g/mol. The van der Waals surface area contributed by atoms with Gasteiger partial charge in [0.1, 0.15) is 18.2 Å². The maximum absolute atomic E-state index is 6.05. The molecule has 23 heavy (non-hydrogen) atoms. The van der Waals surface area contributed by atoms with E-state index in [1.807, 2.05) is 12.1 Å². The molecular weight excluding hydrogens is 288 g/mol. The van der Waals surface area contributed by atoms with Crippen LogP contribution in [0.1, 0.15) is 45.7 Å². The van der Waals surface area contributed by atoms with Crippen molar-refractivity contribution < 1.29 is 9.47 Å². The highest BCUT2D eigenvalue weighted by Gasteiger charge is 2.16. The van der Waals surface area contributed by atoms with E-state index < -0.39 is 0 Å². The summed E-state index contributed by atoms with van der Waals surface area (Å²) < 4.78 is 12.0. The Bertz CT molecular complexity index is 545. The van der Waals surface area contributed by atoms with Crippen molar-refractivity contribution in [3.8, 4) is 5.75 Å². The molecule has 0 spiro atoms. The van der Waals surface area contributed by atoms with E-state index in [4.69, 9.17) is 9.47 Å². The van der Waals surface area contributed by atoms with Crippen LogP contribution in [0.2, 0.25) is 0 Å². The van der Waals surface area contributed by atoms with Gasteiger partial charge in [0.15, 0.2) is 0 Å². The fourth-order valence-electron chi connectivity index (χ4n) is 2.51. The van der Waals surface area contributed by atoms with E-state index in [2.05, 4.69) is 51.0 Å². The van der Waals surface area contributed by atoms with Crippen molar-refractivity contribution >= 4 is 5.84 Å². The number of nitrogens with zero attached hydrogens (tertiary/aromatic N) is 1. The van der Waals surface area contributed by atoms with E-state index >= 15 is 0 Å². The van der Waals surface area contributed by atoms with Gasteiger partial charge in [0, 0.05) is 6.54 Å². The van der Waals surface area contributed by atoms with E-state index in [1.165, 1.54) is 11.1 Å². The first-order chi connectivity index (χ1) is 10.8. The highest BCUT2D eigenvalue weighted by Crippen LogP contribution is 2.27. The van der Waals surface area contributed by atoms with Gasteiger partial charge in [-0.1, -0.05) is 26.0 Å². The molecule has 0 atom stereocenters. The smallest absolute Gasteiger partial charge is 0.145 e. The maximum Gasteiger partial charge on any atom is 0.145 e. The quantitative estimate of drug-likeness (QED) is 0.835. The monoisotopic (exact) mass is 318 g/mol. The van der Waals surface area contributed by atoms with Crippen LogP contribution in [0.15, 0.2) is 23.2 Å². The molecule has 0 aliphatic carbocycles. The summed E-state index contributed by atoms with van der Waals surface area (Å²) in [5, 5.41) is 3.25. The third-order valence-corrected chi connectivity index (χ3v) is 3.61. The zero-order chi connectivity index (χ0) is 16.9. The zero-order valence-corrected chi connectivity index (χ0v) is 15.1. The summed E-state index contributed by atoms with van der Waals surface area (Å²) in [6, 6.07) is 6.24. The lowest BCUT2D eigenvalue weighted by atomic mass is 9.97. The number of hydrogen-bond donors (Lipinski definition) is 1. The Labute approximate surface area is 140 Å². The summed E-state index contributed by atoms with van der Waals surface area (Å²) in [7, 11) is 0. The van der Waals surface area contributed by atoms with Crippen LogP contribution >= 0.6 is 0 Å². The molecule has 128 valence electrons. The average Bonchev–Trinajstić information content (AvgIpc) is 2.96. The Morgan fingerprint density at radius 2 is 2.00 bits per heavy atom. The van der Waals surface area contributed by atoms with Gasteiger partial charge in [-0.15, -0.1) is 0 Å². The Morgan fingerprint density at radius 1 is 1.22 bits per heavy atom. The van der Waals surface area contributed by atoms with Crippen molar-refractivity contribution in [2.75, 3.05) is 19.7 Å². The van der Waals surface area contributed by atoms with Gasteiger partial charge >= 0.3 is 0 Å². The molecule has 1 aromatic carbocycles. The van der Waals surface area contributed by atoms with Gasteiger partial charge in [0.25, 0.3) is 0 Å². The maximum atomic E-state index is 6.05. The van der Waals surface area contributed by atoms with Crippen LogP contribution < -0.4 is 10.1 Å². The molecule has 0 amide bonds. The largest absolute Gasteiger partial charge is 0.485 e. The molecular formula is C19H30N2O2. The Kier molecular flexibility index (Phi) is 6.05. The molecule has 0 unspecified atom stereocenters. The third kappa shape index (κ3) is 5.87. The number of ether oxygens (including phenoxy) is 2. The van der Waals surface area contributed by atoms with Crippen LogP contribution in [0, 0.1) is 5.92 Å². The lowest BCUT2D eigenvalue weighted by Crippen LogP contribution is -2.25. The number of nitrogens with one attached hydrogen (secondary N) is 1. The van der Waals surface area contributed by atoms with Crippen LogP contribution in [0.3, 0.4) is 0 Å². The van der Waals surface area contributed by atoms with Gasteiger partial charge in [-0.25, -0.2) is 0 Å². The second-order valence-corrected chi connectivity index (χ2v) is 7.44. The summed E-state index contributed by atoms with van der Waals surface area (Å²) in [4.78, 5) is 4.39. The molecule has 4 heteroatoms. The summed E-state index contributed by atoms with van der Waals surface area (Å²) >= 11 is 0. The summed E-state index contributed by atoms with van der Waals surface area (Å²) in [6.45, 7) is 13.6. The Hall–Kier alpha value is -1.55. The van der Waals surface area contributed by atoms with Gasteiger partial charge in [0.05, 0.1) is 18.8 Å². The van der Waals surface area contributed by atoms with Crippen molar-refractivity contribution in [3.05, 3.63) is 29.3 Å². The highest BCUT2D eigenvalue weighted by molar-refractivity contribution is 5.85. The molecule has 0 fully saturated rings. The molecule has 1 aliphatic rings. The van der Waals surface area contributed by atoms with Gasteiger partial charge in [0.2, 0.25) is 0 Å². The van der Waals surface area contributed by atoms with Crippen molar-refractivity contribution in [1.82, 2.24) is 5.32 Å². The van der Waals surface area contributed by atoms with Crippen molar-refractivity contribution in [2.45, 2.75) is 53.2 Å². The summed E-state index contributed by atoms with van der Waals surface area (Å²) in [5.41, 5.74) is 2.33. The molecule has 1 aromatic rings. The molecule has 1 aliphatic heterocycles. The fraction of sp³-hybridized carbons (Fsp3) is 0.632. The van der Waals surface area contributed by atoms with Crippen LogP contribution in [-0.4, -0.2) is 31.1 Å². The molecule has 1 N–H and O–H groups in total. The van der Waals surface area contributed by atoms with E-state index in [0.29, 0.717) is 19.1 Å². The van der Waals surface area contributed by atoms with Crippen molar-refractivity contribution in [2.24, 2.45) is 10.9 Å². The molecule has 1 heterocycles. The minimum Gasteiger partial charge on any atom is -0.485 e. The molecule has 0 aromatic heterocycles. The molecule has 0 bridgehead atoms. The van der Waals surface area contributed by atoms with Gasteiger partial charge in [-0.2, -0.15) is 0 Å². The number of aliphatic imine (C=N–C) groups is 1. The minimum absolute atomic E-state index is 0.144. The standard InChI is InChI=1S/C19H30N2O2/c1-14(2)11-16-15(12-23-19(3,4)5)7-6-8-17(16)22-13-18-20-9-10-21-18/h6-8,14H,9-13H2,1-5H3,(H,20,21). The first-order valence-electron chi connectivity index (χ1n) is 8.50. The lowest BCUT2D eigenvalue weighted by molar-refractivity contribution is -0.0153. The van der Waals surface area contributed by atoms with Crippen LogP contribution in [0.5, 0.6) is 5.75 Å². The predicted octanol–water partition coefficient (Wildman–Crippen LogP) is 3.58. The fourth-order valence-corrected chi connectivity index (χ4v) is 2.51. The van der Waals surface area contributed by atoms with E-state index in [0.717, 1.165) is 31.1 Å². The topological polar surface area (TPSA) is 42.9 Å². The van der Waals surface area contributed by atoms with Crippen LogP contribution in [0.4, 0.5) is 0 Å². The molecule has 0 radical (unpaired) electrons. The number of amidine groups is 1.